The zero-order chi connectivity index (χ0) is 22.8. The smallest absolute Gasteiger partial charge is 0.313 e. The number of benzene rings is 1. The summed E-state index contributed by atoms with van der Waals surface area (Å²) in [6, 6.07) is 9.52. The number of anilines is 1. The molecule has 5 rings (SSSR count). The number of hydrogen-bond acceptors (Lipinski definition) is 8. The van der Waals surface area contributed by atoms with Crippen molar-refractivity contribution in [2.75, 3.05) is 18.4 Å². The van der Waals surface area contributed by atoms with Gasteiger partial charge in [0.25, 0.3) is 0 Å². The summed E-state index contributed by atoms with van der Waals surface area (Å²) in [4.78, 5) is 35.8. The Labute approximate surface area is 192 Å². The summed E-state index contributed by atoms with van der Waals surface area (Å²) in [7, 11) is 0. The van der Waals surface area contributed by atoms with Crippen LogP contribution in [0.5, 0.6) is 0 Å². The van der Waals surface area contributed by atoms with Gasteiger partial charge in [0, 0.05) is 24.8 Å². The molecule has 0 saturated carbocycles. The van der Waals surface area contributed by atoms with Crippen molar-refractivity contribution in [2.45, 2.75) is 25.5 Å². The Hall–Kier alpha value is -3.70. The van der Waals surface area contributed by atoms with Crippen LogP contribution in [-0.2, 0) is 16.2 Å². The van der Waals surface area contributed by atoms with Crippen molar-refractivity contribution in [3.63, 3.8) is 0 Å². The lowest BCUT2D eigenvalue weighted by Gasteiger charge is -2.32. The number of nitrogens with one attached hydrogen (secondary N) is 1. The molecule has 1 saturated heterocycles. The lowest BCUT2D eigenvalue weighted by atomic mass is 10.1. The topological polar surface area (TPSA) is 126 Å². The van der Waals surface area contributed by atoms with Crippen molar-refractivity contribution in [3.05, 3.63) is 54.6 Å². The normalized spacial score (nSPS) is 16.2. The number of aliphatic hydroxyl groups is 1. The van der Waals surface area contributed by atoms with Gasteiger partial charge in [0.1, 0.15) is 10.7 Å². The number of amides is 2. The molecule has 4 aromatic rings. The second-order valence-electron chi connectivity index (χ2n) is 7.80. The molecular formula is C22H21N7O3S. The van der Waals surface area contributed by atoms with E-state index in [1.165, 1.54) is 11.1 Å². The molecule has 2 N–H and O–H groups in total. The van der Waals surface area contributed by atoms with E-state index in [9.17, 15) is 14.7 Å². The first-order valence-electron chi connectivity index (χ1n) is 10.5. The molecule has 0 spiro atoms. The number of carbonyl (C=O) groups excluding carboxylic acids is 2. The standard InChI is InChI=1S/C22H21N7O3S/c30-13-16-11-29(27-26-16)17-4-3-7-28(12-17)22(32)20(31)24-15-8-14(9-23-10-15)21-25-18-5-1-2-6-19(18)33-21/h1-2,5-6,8-11,17,30H,3-4,7,12-13H2,(H,24,31). The summed E-state index contributed by atoms with van der Waals surface area (Å²) in [6.07, 6.45) is 6.41. The highest BCUT2D eigenvalue weighted by Crippen LogP contribution is 2.30. The number of thiazole rings is 1. The van der Waals surface area contributed by atoms with Crippen molar-refractivity contribution in [1.82, 2.24) is 29.9 Å². The van der Waals surface area contributed by atoms with Gasteiger partial charge in [-0.3, -0.25) is 14.6 Å². The maximum absolute atomic E-state index is 12.8. The largest absolute Gasteiger partial charge is 0.390 e. The Morgan fingerprint density at radius 2 is 2.12 bits per heavy atom. The Bertz CT molecular complexity index is 1290. The van der Waals surface area contributed by atoms with E-state index in [0.29, 0.717) is 24.5 Å². The van der Waals surface area contributed by atoms with Gasteiger partial charge in [-0.1, -0.05) is 17.3 Å². The number of aromatic nitrogens is 5. The summed E-state index contributed by atoms with van der Waals surface area (Å²) in [6.45, 7) is 0.653. The first-order valence-corrected chi connectivity index (χ1v) is 11.3. The van der Waals surface area contributed by atoms with Crippen LogP contribution < -0.4 is 5.32 Å². The molecule has 0 aliphatic carbocycles. The number of fused-ring (bicyclic) bond motifs is 1. The predicted octanol–water partition coefficient (Wildman–Crippen LogP) is 2.24. The zero-order valence-corrected chi connectivity index (χ0v) is 18.4. The van der Waals surface area contributed by atoms with Crippen LogP contribution in [0.25, 0.3) is 20.8 Å². The molecule has 0 bridgehead atoms. The lowest BCUT2D eigenvalue weighted by Crippen LogP contribution is -2.45. The second-order valence-corrected chi connectivity index (χ2v) is 8.83. The molecule has 1 aliphatic rings. The van der Waals surface area contributed by atoms with E-state index in [1.807, 2.05) is 24.3 Å². The van der Waals surface area contributed by atoms with Gasteiger partial charge in [-0.25, -0.2) is 9.67 Å². The van der Waals surface area contributed by atoms with Crippen LogP contribution in [0.2, 0.25) is 0 Å². The molecule has 11 heteroatoms. The third-order valence-corrected chi connectivity index (χ3v) is 6.59. The SMILES string of the molecule is O=C(Nc1cncc(-c2nc3ccccc3s2)c1)C(=O)N1CCCC(n2cc(CO)nn2)C1. The Morgan fingerprint density at radius 3 is 2.94 bits per heavy atom. The summed E-state index contributed by atoms with van der Waals surface area (Å²) >= 11 is 1.54. The highest BCUT2D eigenvalue weighted by Gasteiger charge is 2.29. The van der Waals surface area contributed by atoms with E-state index >= 15 is 0 Å². The molecule has 0 radical (unpaired) electrons. The number of rotatable bonds is 4. The minimum Gasteiger partial charge on any atom is -0.390 e. The van der Waals surface area contributed by atoms with Crippen molar-refractivity contribution >= 4 is 39.1 Å². The molecular weight excluding hydrogens is 442 g/mol. The zero-order valence-electron chi connectivity index (χ0n) is 17.6. The number of likely N-dealkylation sites (tertiary alicyclic amines) is 1. The Balaban J connectivity index is 1.27. The fraction of sp³-hybridized carbons (Fsp3) is 0.273. The average molecular weight is 464 g/mol. The lowest BCUT2D eigenvalue weighted by molar-refractivity contribution is -0.144. The number of pyridine rings is 1. The number of hydrogen-bond donors (Lipinski definition) is 2. The molecule has 10 nitrogen and oxygen atoms in total. The third-order valence-electron chi connectivity index (χ3n) is 5.51. The first-order chi connectivity index (χ1) is 16.1. The van der Waals surface area contributed by atoms with Crippen molar-refractivity contribution in [3.8, 4) is 10.6 Å². The van der Waals surface area contributed by atoms with Crippen LogP contribution in [0, 0.1) is 0 Å². The van der Waals surface area contributed by atoms with Gasteiger partial charge in [0.15, 0.2) is 0 Å². The van der Waals surface area contributed by atoms with E-state index in [2.05, 4.69) is 25.6 Å². The molecule has 2 amide bonds. The Kier molecular flexibility index (Phi) is 5.80. The second kappa shape index (κ2) is 9.04. The van der Waals surface area contributed by atoms with Crippen LogP contribution in [0.4, 0.5) is 5.69 Å². The van der Waals surface area contributed by atoms with E-state index in [1.54, 1.807) is 34.5 Å². The van der Waals surface area contributed by atoms with Crippen LogP contribution in [0.1, 0.15) is 24.6 Å². The number of nitrogens with zero attached hydrogens (tertiary/aromatic N) is 6. The van der Waals surface area contributed by atoms with Gasteiger partial charge in [-0.15, -0.1) is 16.4 Å². The van der Waals surface area contributed by atoms with Crippen LogP contribution >= 0.6 is 11.3 Å². The summed E-state index contributed by atoms with van der Waals surface area (Å²) in [5.41, 5.74) is 2.57. The molecule has 33 heavy (non-hydrogen) atoms. The maximum Gasteiger partial charge on any atom is 0.313 e. The van der Waals surface area contributed by atoms with E-state index in [-0.39, 0.29) is 12.6 Å². The van der Waals surface area contributed by atoms with Gasteiger partial charge >= 0.3 is 11.8 Å². The van der Waals surface area contributed by atoms with E-state index in [4.69, 9.17) is 0 Å². The fourth-order valence-corrected chi connectivity index (χ4v) is 4.82. The molecule has 1 fully saturated rings. The highest BCUT2D eigenvalue weighted by atomic mass is 32.1. The van der Waals surface area contributed by atoms with Crippen molar-refractivity contribution in [1.29, 1.82) is 0 Å². The fourth-order valence-electron chi connectivity index (χ4n) is 3.87. The molecule has 168 valence electrons. The minimum absolute atomic E-state index is 0.0904. The van der Waals surface area contributed by atoms with Gasteiger partial charge in [0.2, 0.25) is 0 Å². The van der Waals surface area contributed by atoms with Crippen LogP contribution in [0.15, 0.2) is 48.9 Å². The molecule has 1 aromatic carbocycles. The first kappa shape index (κ1) is 21.2. The summed E-state index contributed by atoms with van der Waals surface area (Å²) in [5.74, 6) is -1.32. The molecule has 1 unspecified atom stereocenters. The molecule has 3 aromatic heterocycles. The molecule has 1 atom stereocenters. The van der Waals surface area contributed by atoms with Gasteiger partial charge in [-0.05, 0) is 31.0 Å². The van der Waals surface area contributed by atoms with E-state index < -0.39 is 11.8 Å². The minimum atomic E-state index is -0.714. The molecule has 1 aliphatic heterocycles. The molecule has 4 heterocycles. The van der Waals surface area contributed by atoms with Crippen molar-refractivity contribution < 1.29 is 14.7 Å². The monoisotopic (exact) mass is 463 g/mol. The number of piperidine rings is 1. The van der Waals surface area contributed by atoms with Gasteiger partial charge in [0.05, 0.1) is 40.9 Å². The average Bonchev–Trinajstić information content (AvgIpc) is 3.51. The van der Waals surface area contributed by atoms with Gasteiger partial charge < -0.3 is 15.3 Å². The van der Waals surface area contributed by atoms with Gasteiger partial charge in [-0.2, -0.15) is 0 Å². The third kappa shape index (κ3) is 4.45. The quantitative estimate of drug-likeness (QED) is 0.445. The number of aliphatic hydroxyl groups excluding tert-OH is 1. The number of para-hydroxylation sites is 1. The highest BCUT2D eigenvalue weighted by molar-refractivity contribution is 7.21. The summed E-state index contributed by atoms with van der Waals surface area (Å²) < 4.78 is 2.71. The van der Waals surface area contributed by atoms with Crippen LogP contribution in [0.3, 0.4) is 0 Å². The van der Waals surface area contributed by atoms with Crippen LogP contribution in [-0.4, -0.2) is 59.9 Å². The Morgan fingerprint density at radius 1 is 1.24 bits per heavy atom. The van der Waals surface area contributed by atoms with Crippen molar-refractivity contribution in [2.24, 2.45) is 0 Å². The maximum atomic E-state index is 12.8. The number of carbonyl (C=O) groups is 2. The predicted molar refractivity (Wildman–Crippen MR) is 122 cm³/mol. The summed E-state index contributed by atoms with van der Waals surface area (Å²) in [5, 5.41) is 20.6. The van der Waals surface area contributed by atoms with E-state index in [0.717, 1.165) is 33.6 Å².